The summed E-state index contributed by atoms with van der Waals surface area (Å²) in [6.45, 7) is -0.239. The molecule has 2 aromatic rings. The number of aromatic nitrogens is 2. The van der Waals surface area contributed by atoms with E-state index >= 15 is 0 Å². The number of amides is 1. The van der Waals surface area contributed by atoms with E-state index < -0.39 is 18.2 Å². The first-order chi connectivity index (χ1) is 13.8. The number of carbonyl (C=O) groups is 1. The third-order valence-corrected chi connectivity index (χ3v) is 6.38. The molecule has 154 valence electrons. The van der Waals surface area contributed by atoms with Gasteiger partial charge in [0.2, 0.25) is 18.2 Å². The predicted octanol–water partition coefficient (Wildman–Crippen LogP) is 3.60. The second kappa shape index (κ2) is 6.35. The first-order valence-electron chi connectivity index (χ1n) is 9.30. The Bertz CT molecular complexity index is 963. The Morgan fingerprint density at radius 3 is 2.76 bits per heavy atom. The Morgan fingerprint density at radius 1 is 1.34 bits per heavy atom. The minimum absolute atomic E-state index is 0.0171. The number of benzene rings is 1. The van der Waals surface area contributed by atoms with Crippen LogP contribution in [0.25, 0.3) is 0 Å². The fourth-order valence-corrected chi connectivity index (χ4v) is 4.69. The lowest BCUT2D eigenvalue weighted by Gasteiger charge is -2.68. The van der Waals surface area contributed by atoms with Crippen LogP contribution in [0.1, 0.15) is 43.4 Å². The fraction of sp³-hybridized carbons (Fsp3) is 0.526. The van der Waals surface area contributed by atoms with Crippen molar-refractivity contribution >= 4 is 17.5 Å². The highest BCUT2D eigenvalue weighted by molar-refractivity contribution is 6.30. The zero-order chi connectivity index (χ0) is 20.4. The van der Waals surface area contributed by atoms with Crippen LogP contribution >= 0.6 is 11.6 Å². The van der Waals surface area contributed by atoms with Crippen LogP contribution in [0.15, 0.2) is 22.6 Å². The van der Waals surface area contributed by atoms with E-state index in [1.54, 1.807) is 0 Å². The van der Waals surface area contributed by atoms with Crippen LogP contribution in [0.2, 0.25) is 5.02 Å². The summed E-state index contributed by atoms with van der Waals surface area (Å²) >= 11 is 5.61. The number of nitrogens with one attached hydrogen (secondary N) is 1. The maximum atomic E-state index is 13.4. The molecule has 0 spiro atoms. The van der Waals surface area contributed by atoms with Crippen molar-refractivity contribution in [2.45, 2.75) is 49.0 Å². The average molecular weight is 428 g/mol. The van der Waals surface area contributed by atoms with Crippen molar-refractivity contribution in [3.05, 3.63) is 40.8 Å². The molecule has 4 fully saturated rings. The standard InChI is InChI=1S/C19H17ClF3N3O3/c20-12-2-1-9(3-13(12)21)28-5-14(27)24-19-6-18(7-19,8-19)17-26-25-16(29-17)11-4-10(11)15(22)23/h1-3,10-11,15H,4-8H2,(H,24,27). The Balaban J connectivity index is 1.12. The van der Waals surface area contributed by atoms with Crippen LogP contribution in [0, 0.1) is 11.7 Å². The minimum atomic E-state index is -2.37. The molecule has 4 aliphatic rings. The van der Waals surface area contributed by atoms with Gasteiger partial charge in [0.05, 0.1) is 10.4 Å². The van der Waals surface area contributed by atoms with Crippen molar-refractivity contribution in [1.82, 2.24) is 15.5 Å². The molecule has 1 amide bonds. The number of carbonyl (C=O) groups excluding carboxylic acids is 1. The number of rotatable bonds is 7. The fourth-order valence-electron chi connectivity index (χ4n) is 4.57. The molecular formula is C19H17ClF3N3O3. The first kappa shape index (κ1) is 18.7. The summed E-state index contributed by atoms with van der Waals surface area (Å²) in [4.78, 5) is 12.2. The number of hydrogen-bond donors (Lipinski definition) is 1. The summed E-state index contributed by atoms with van der Waals surface area (Å²) < 4.78 is 49.8. The number of hydrogen-bond acceptors (Lipinski definition) is 5. The summed E-state index contributed by atoms with van der Waals surface area (Å²) in [5, 5.41) is 10.9. The van der Waals surface area contributed by atoms with Crippen LogP contribution in [0.4, 0.5) is 13.2 Å². The van der Waals surface area contributed by atoms with Gasteiger partial charge in [-0.25, -0.2) is 13.2 Å². The highest BCUT2D eigenvalue weighted by Crippen LogP contribution is 2.67. The van der Waals surface area contributed by atoms with Crippen molar-refractivity contribution in [2.24, 2.45) is 5.92 Å². The molecule has 6 rings (SSSR count). The van der Waals surface area contributed by atoms with E-state index in [-0.39, 0.29) is 46.0 Å². The van der Waals surface area contributed by atoms with Crippen LogP contribution in [-0.2, 0) is 10.2 Å². The van der Waals surface area contributed by atoms with Gasteiger partial charge in [-0.15, -0.1) is 10.2 Å². The smallest absolute Gasteiger partial charge is 0.258 e. The molecule has 4 aliphatic carbocycles. The van der Waals surface area contributed by atoms with Gasteiger partial charge in [-0.05, 0) is 37.8 Å². The van der Waals surface area contributed by atoms with Crippen molar-refractivity contribution in [3.8, 4) is 5.75 Å². The number of nitrogens with zero attached hydrogens (tertiary/aromatic N) is 2. The van der Waals surface area contributed by atoms with Crippen molar-refractivity contribution in [3.63, 3.8) is 0 Å². The quantitative estimate of drug-likeness (QED) is 0.730. The van der Waals surface area contributed by atoms with Crippen molar-refractivity contribution in [1.29, 1.82) is 0 Å². The van der Waals surface area contributed by atoms with Gasteiger partial charge in [-0.2, -0.15) is 0 Å². The molecule has 0 radical (unpaired) electrons. The zero-order valence-corrected chi connectivity index (χ0v) is 15.9. The van der Waals surface area contributed by atoms with Crippen LogP contribution in [-0.4, -0.2) is 34.7 Å². The Hall–Kier alpha value is -2.29. The van der Waals surface area contributed by atoms with E-state index in [9.17, 15) is 18.0 Å². The Labute approximate surface area is 168 Å². The summed E-state index contributed by atoms with van der Waals surface area (Å²) in [6, 6.07) is 3.97. The summed E-state index contributed by atoms with van der Waals surface area (Å²) in [7, 11) is 0. The van der Waals surface area contributed by atoms with Gasteiger partial charge >= 0.3 is 0 Å². The molecule has 1 aromatic carbocycles. The number of alkyl halides is 2. The molecule has 0 saturated heterocycles. The topological polar surface area (TPSA) is 77.2 Å². The molecule has 10 heteroatoms. The second-order valence-electron chi connectivity index (χ2n) is 8.29. The van der Waals surface area contributed by atoms with Gasteiger partial charge in [0, 0.05) is 23.4 Å². The molecule has 2 unspecified atom stereocenters. The van der Waals surface area contributed by atoms with Crippen LogP contribution < -0.4 is 10.1 Å². The van der Waals surface area contributed by atoms with Gasteiger partial charge in [-0.3, -0.25) is 4.79 Å². The zero-order valence-electron chi connectivity index (χ0n) is 15.1. The van der Waals surface area contributed by atoms with E-state index in [2.05, 4.69) is 15.5 Å². The molecule has 2 atom stereocenters. The second-order valence-corrected chi connectivity index (χ2v) is 8.70. The SMILES string of the molecule is O=C(COc1ccc(Cl)c(F)c1)NC12CC(c3nnc(C4CC4C(F)F)o3)(C1)C2. The average Bonchev–Trinajstić information content (AvgIpc) is 3.28. The molecule has 2 bridgehead atoms. The summed E-state index contributed by atoms with van der Waals surface area (Å²) in [5.41, 5.74) is -0.598. The lowest BCUT2D eigenvalue weighted by atomic mass is 9.39. The Morgan fingerprint density at radius 2 is 2.10 bits per heavy atom. The molecule has 4 saturated carbocycles. The molecule has 1 heterocycles. The normalized spacial score (nSPS) is 31.8. The maximum Gasteiger partial charge on any atom is 0.258 e. The van der Waals surface area contributed by atoms with Gasteiger partial charge in [0.1, 0.15) is 11.6 Å². The first-order valence-corrected chi connectivity index (χ1v) is 9.68. The lowest BCUT2D eigenvalue weighted by molar-refractivity contribution is -0.143. The van der Waals surface area contributed by atoms with Gasteiger partial charge in [0.25, 0.3) is 5.91 Å². The van der Waals surface area contributed by atoms with E-state index in [1.165, 1.54) is 12.1 Å². The Kier molecular flexibility index (Phi) is 4.10. The van der Waals surface area contributed by atoms with E-state index in [1.807, 2.05) is 0 Å². The van der Waals surface area contributed by atoms with Crippen molar-refractivity contribution in [2.75, 3.05) is 6.61 Å². The number of ether oxygens (including phenoxy) is 1. The maximum absolute atomic E-state index is 13.4. The van der Waals surface area contributed by atoms with E-state index in [0.717, 1.165) is 6.07 Å². The molecule has 1 aromatic heterocycles. The predicted molar refractivity (Wildman–Crippen MR) is 94.5 cm³/mol. The minimum Gasteiger partial charge on any atom is -0.484 e. The van der Waals surface area contributed by atoms with Crippen molar-refractivity contribution < 1.29 is 27.1 Å². The van der Waals surface area contributed by atoms with E-state index in [0.29, 0.717) is 31.6 Å². The molecular weight excluding hydrogens is 411 g/mol. The number of halogens is 4. The molecule has 6 nitrogen and oxygen atoms in total. The summed E-state index contributed by atoms with van der Waals surface area (Å²) in [6.07, 6.45) is -0.0108. The third kappa shape index (κ3) is 3.15. The lowest BCUT2D eigenvalue weighted by Crippen LogP contribution is -2.77. The molecule has 1 N–H and O–H groups in total. The monoisotopic (exact) mass is 427 g/mol. The molecule has 0 aliphatic heterocycles. The summed E-state index contributed by atoms with van der Waals surface area (Å²) in [5.74, 6) is -0.971. The largest absolute Gasteiger partial charge is 0.484 e. The molecule has 29 heavy (non-hydrogen) atoms. The highest BCUT2D eigenvalue weighted by atomic mass is 35.5. The third-order valence-electron chi connectivity index (χ3n) is 6.07. The van der Waals surface area contributed by atoms with Gasteiger partial charge < -0.3 is 14.5 Å². The van der Waals surface area contributed by atoms with Gasteiger partial charge in [-0.1, -0.05) is 11.6 Å². The van der Waals surface area contributed by atoms with Crippen LogP contribution in [0.5, 0.6) is 5.75 Å². The van der Waals surface area contributed by atoms with Crippen LogP contribution in [0.3, 0.4) is 0 Å². The van der Waals surface area contributed by atoms with Gasteiger partial charge in [0.15, 0.2) is 6.61 Å². The highest BCUT2D eigenvalue weighted by Gasteiger charge is 2.72. The van der Waals surface area contributed by atoms with E-state index in [4.69, 9.17) is 20.8 Å².